The van der Waals surface area contributed by atoms with Gasteiger partial charge in [0.05, 0.1) is 12.3 Å². The quantitative estimate of drug-likeness (QED) is 0.565. The first-order chi connectivity index (χ1) is 14.8. The van der Waals surface area contributed by atoms with Gasteiger partial charge in [-0.3, -0.25) is 9.59 Å². The molecule has 2 heterocycles. The lowest BCUT2D eigenvalue weighted by Gasteiger charge is -2.35. The van der Waals surface area contributed by atoms with E-state index < -0.39 is 11.9 Å². The largest absolute Gasteiger partial charge is 0.481 e. The van der Waals surface area contributed by atoms with E-state index in [0.717, 1.165) is 34.1 Å². The fourth-order valence-electron chi connectivity index (χ4n) is 4.66. The Hall–Kier alpha value is -2.67. The molecule has 162 valence electrons. The first kappa shape index (κ1) is 21.6. The molecule has 0 spiro atoms. The van der Waals surface area contributed by atoms with Crippen LogP contribution in [0.5, 0.6) is 0 Å². The number of likely N-dealkylation sites (N-methyl/N-ethyl adjacent to an activating group) is 1. The van der Waals surface area contributed by atoms with E-state index in [-0.39, 0.29) is 24.2 Å². The van der Waals surface area contributed by atoms with Gasteiger partial charge in [-0.05, 0) is 49.1 Å². The van der Waals surface area contributed by atoms with Crippen molar-refractivity contribution in [2.45, 2.75) is 44.7 Å². The third-order valence-electron chi connectivity index (χ3n) is 6.32. The molecule has 0 saturated carbocycles. The number of carbonyl (C=O) groups is 2. The normalized spacial score (nSPS) is 16.7. The van der Waals surface area contributed by atoms with Gasteiger partial charge in [0.1, 0.15) is 5.82 Å². The van der Waals surface area contributed by atoms with Gasteiger partial charge in [-0.2, -0.15) is 0 Å². The zero-order valence-electron chi connectivity index (χ0n) is 17.4. The fraction of sp³-hybridized carbons (Fsp3) is 0.333. The van der Waals surface area contributed by atoms with Crippen LogP contribution >= 0.6 is 15.9 Å². The van der Waals surface area contributed by atoms with Crippen molar-refractivity contribution in [3.63, 3.8) is 0 Å². The van der Waals surface area contributed by atoms with Crippen molar-refractivity contribution in [1.29, 1.82) is 0 Å². The Balaban J connectivity index is 1.61. The maximum absolute atomic E-state index is 13.4. The molecule has 0 aliphatic carbocycles. The first-order valence-corrected chi connectivity index (χ1v) is 11.1. The van der Waals surface area contributed by atoms with Gasteiger partial charge in [-0.1, -0.05) is 40.2 Å². The molecular weight excluding hydrogens is 463 g/mol. The second-order valence-corrected chi connectivity index (χ2v) is 9.01. The minimum absolute atomic E-state index is 0.00207. The average molecular weight is 487 g/mol. The number of carboxylic acid groups (broad SMARTS) is 1. The number of nitrogens with zero attached hydrogens (tertiary/aromatic N) is 2. The number of rotatable bonds is 5. The zero-order chi connectivity index (χ0) is 22.3. The van der Waals surface area contributed by atoms with Crippen molar-refractivity contribution in [2.75, 3.05) is 7.05 Å². The molecule has 4 rings (SSSR count). The van der Waals surface area contributed by atoms with Crippen LogP contribution in [0.2, 0.25) is 0 Å². The molecule has 2 atom stereocenters. The van der Waals surface area contributed by atoms with Gasteiger partial charge in [-0.15, -0.1) is 0 Å². The summed E-state index contributed by atoms with van der Waals surface area (Å²) in [7, 11) is 1.82. The highest BCUT2D eigenvalue weighted by atomic mass is 79.9. The highest BCUT2D eigenvalue weighted by Gasteiger charge is 2.31. The third-order valence-corrected chi connectivity index (χ3v) is 7.01. The molecule has 1 aromatic heterocycles. The summed E-state index contributed by atoms with van der Waals surface area (Å²) in [5.74, 6) is -1.62. The van der Waals surface area contributed by atoms with E-state index >= 15 is 0 Å². The average Bonchev–Trinajstić information content (AvgIpc) is 3.05. The van der Waals surface area contributed by atoms with Crippen molar-refractivity contribution in [3.05, 3.63) is 69.6 Å². The number of aliphatic carboxylic acids is 1. The van der Waals surface area contributed by atoms with Gasteiger partial charge in [-0.25, -0.2) is 4.39 Å². The summed E-state index contributed by atoms with van der Waals surface area (Å²) in [6, 6.07) is 12.2. The molecule has 7 heteroatoms. The SMILES string of the molecule is CC(C(=O)N(C)C1CCc2c(CC(=O)O)c3ccccc3n2C1)c1ccc(F)cc1Br. The number of amides is 1. The number of fused-ring (bicyclic) bond motifs is 3. The number of aromatic nitrogens is 1. The van der Waals surface area contributed by atoms with Crippen LogP contribution in [0.25, 0.3) is 10.9 Å². The van der Waals surface area contributed by atoms with E-state index in [1.165, 1.54) is 12.1 Å². The van der Waals surface area contributed by atoms with E-state index in [4.69, 9.17) is 0 Å². The summed E-state index contributed by atoms with van der Waals surface area (Å²) in [6.45, 7) is 2.45. The van der Waals surface area contributed by atoms with Crippen LogP contribution in [0.3, 0.4) is 0 Å². The van der Waals surface area contributed by atoms with Crippen LogP contribution in [0, 0.1) is 5.82 Å². The monoisotopic (exact) mass is 486 g/mol. The molecule has 5 nitrogen and oxygen atoms in total. The first-order valence-electron chi connectivity index (χ1n) is 10.3. The third kappa shape index (κ3) is 3.99. The Kier molecular flexibility index (Phi) is 5.88. The van der Waals surface area contributed by atoms with Gasteiger partial charge in [0, 0.05) is 40.7 Å². The Bertz CT molecular complexity index is 1170. The molecule has 3 aromatic rings. The van der Waals surface area contributed by atoms with E-state index in [1.807, 2.05) is 38.2 Å². The molecule has 1 aliphatic heterocycles. The van der Waals surface area contributed by atoms with Crippen LogP contribution in [0.4, 0.5) is 4.39 Å². The standard InChI is InChI=1S/C24H24BrFN2O3/c1-14(17-9-7-15(26)11-20(17)25)24(31)27(2)16-8-10-22-19(12-23(29)30)18-5-3-4-6-21(18)28(22)13-16/h3-7,9,11,14,16H,8,10,12-13H2,1-2H3,(H,29,30). The van der Waals surface area contributed by atoms with Gasteiger partial charge in [0.15, 0.2) is 0 Å². The number of hydrogen-bond donors (Lipinski definition) is 1. The molecule has 0 fully saturated rings. The number of para-hydroxylation sites is 1. The molecule has 1 aliphatic rings. The molecule has 2 aromatic carbocycles. The lowest BCUT2D eigenvalue weighted by molar-refractivity contribution is -0.136. The van der Waals surface area contributed by atoms with E-state index in [9.17, 15) is 19.1 Å². The van der Waals surface area contributed by atoms with Gasteiger partial charge >= 0.3 is 5.97 Å². The molecule has 1 amide bonds. The number of halogens is 2. The van der Waals surface area contributed by atoms with Crippen molar-refractivity contribution in [2.24, 2.45) is 0 Å². The highest BCUT2D eigenvalue weighted by Crippen LogP contribution is 2.33. The summed E-state index contributed by atoms with van der Waals surface area (Å²) in [5.41, 5.74) is 3.69. The number of hydrogen-bond acceptors (Lipinski definition) is 2. The second kappa shape index (κ2) is 8.46. The Labute approximate surface area is 188 Å². The minimum atomic E-state index is -0.840. The van der Waals surface area contributed by atoms with E-state index in [0.29, 0.717) is 17.4 Å². The predicted octanol–water partition coefficient (Wildman–Crippen LogP) is 4.75. The van der Waals surface area contributed by atoms with Crippen LogP contribution in [-0.2, 0) is 29.0 Å². The molecule has 2 unspecified atom stereocenters. The van der Waals surface area contributed by atoms with Crippen molar-refractivity contribution >= 4 is 38.7 Å². The number of carboxylic acids is 1. The van der Waals surface area contributed by atoms with Crippen LogP contribution in [-0.4, -0.2) is 39.5 Å². The fourth-order valence-corrected chi connectivity index (χ4v) is 5.36. The minimum Gasteiger partial charge on any atom is -0.481 e. The summed E-state index contributed by atoms with van der Waals surface area (Å²) >= 11 is 3.37. The molecule has 0 saturated heterocycles. The Morgan fingerprint density at radius 3 is 2.74 bits per heavy atom. The Morgan fingerprint density at radius 2 is 2.03 bits per heavy atom. The molecule has 31 heavy (non-hydrogen) atoms. The summed E-state index contributed by atoms with van der Waals surface area (Å²) < 4.78 is 16.2. The van der Waals surface area contributed by atoms with Crippen LogP contribution in [0.15, 0.2) is 46.9 Å². The number of benzene rings is 2. The molecule has 1 N–H and O–H groups in total. The molecule has 0 radical (unpaired) electrons. The summed E-state index contributed by atoms with van der Waals surface area (Å²) in [5, 5.41) is 10.3. The maximum atomic E-state index is 13.4. The zero-order valence-corrected chi connectivity index (χ0v) is 19.0. The topological polar surface area (TPSA) is 62.5 Å². The summed E-state index contributed by atoms with van der Waals surface area (Å²) in [4.78, 5) is 26.4. The number of carbonyl (C=O) groups excluding carboxylic acids is 1. The van der Waals surface area contributed by atoms with Crippen LogP contribution in [0.1, 0.15) is 36.1 Å². The van der Waals surface area contributed by atoms with Crippen molar-refractivity contribution < 1.29 is 19.1 Å². The Morgan fingerprint density at radius 1 is 1.29 bits per heavy atom. The van der Waals surface area contributed by atoms with Crippen molar-refractivity contribution in [3.8, 4) is 0 Å². The smallest absolute Gasteiger partial charge is 0.307 e. The predicted molar refractivity (Wildman–Crippen MR) is 121 cm³/mol. The molecule has 0 bridgehead atoms. The van der Waals surface area contributed by atoms with Gasteiger partial charge in [0.25, 0.3) is 0 Å². The van der Waals surface area contributed by atoms with Gasteiger partial charge < -0.3 is 14.6 Å². The lowest BCUT2D eigenvalue weighted by atomic mass is 9.96. The second-order valence-electron chi connectivity index (χ2n) is 8.15. The maximum Gasteiger partial charge on any atom is 0.307 e. The highest BCUT2D eigenvalue weighted by molar-refractivity contribution is 9.10. The van der Waals surface area contributed by atoms with Gasteiger partial charge in [0.2, 0.25) is 5.91 Å². The molecular formula is C24H24BrFN2O3. The van der Waals surface area contributed by atoms with E-state index in [2.05, 4.69) is 20.5 Å². The van der Waals surface area contributed by atoms with E-state index in [1.54, 1.807) is 11.0 Å². The van der Waals surface area contributed by atoms with Crippen molar-refractivity contribution in [1.82, 2.24) is 9.47 Å². The summed E-state index contributed by atoms with van der Waals surface area (Å²) in [6.07, 6.45) is 1.48. The lowest BCUT2D eigenvalue weighted by Crippen LogP contribution is -2.44. The van der Waals surface area contributed by atoms with Crippen LogP contribution < -0.4 is 0 Å².